The van der Waals surface area contributed by atoms with Gasteiger partial charge >= 0.3 is 6.18 Å². The van der Waals surface area contributed by atoms with Crippen LogP contribution in [0.25, 0.3) is 16.7 Å². The molecular weight excluding hydrogens is 305 g/mol. The standard InChI is InChI=1S/C13H8ClF3N4/c1-7-9-6-20-21(11(9)2-3-18-7)12-10(14)4-8(5-19-12)13(15,16)17/h2-6H,1H3. The van der Waals surface area contributed by atoms with Gasteiger partial charge in [-0.15, -0.1) is 0 Å². The summed E-state index contributed by atoms with van der Waals surface area (Å²) in [5, 5.41) is 4.79. The van der Waals surface area contributed by atoms with Gasteiger partial charge in [0.05, 0.1) is 22.3 Å². The molecule has 0 spiro atoms. The molecule has 108 valence electrons. The molecular formula is C13H8ClF3N4. The molecule has 21 heavy (non-hydrogen) atoms. The third-order valence-corrected chi connectivity index (χ3v) is 3.32. The van der Waals surface area contributed by atoms with E-state index in [4.69, 9.17) is 11.6 Å². The molecule has 0 N–H and O–H groups in total. The molecule has 0 atom stereocenters. The summed E-state index contributed by atoms with van der Waals surface area (Å²) >= 11 is 5.93. The Morgan fingerprint density at radius 1 is 1.19 bits per heavy atom. The zero-order chi connectivity index (χ0) is 15.2. The van der Waals surface area contributed by atoms with Crippen LogP contribution in [0, 0.1) is 6.92 Å². The fourth-order valence-corrected chi connectivity index (χ4v) is 2.24. The first kappa shape index (κ1) is 13.8. The highest BCUT2D eigenvalue weighted by Crippen LogP contribution is 2.32. The molecule has 0 fully saturated rings. The Kier molecular flexibility index (Phi) is 3.09. The Balaban J connectivity index is 2.18. The Morgan fingerprint density at radius 2 is 1.95 bits per heavy atom. The van der Waals surface area contributed by atoms with Crippen LogP contribution < -0.4 is 0 Å². The molecule has 4 nitrogen and oxygen atoms in total. The number of pyridine rings is 2. The van der Waals surface area contributed by atoms with Gasteiger partial charge in [0.15, 0.2) is 5.82 Å². The van der Waals surface area contributed by atoms with Gasteiger partial charge in [-0.1, -0.05) is 11.6 Å². The average molecular weight is 313 g/mol. The number of rotatable bonds is 1. The summed E-state index contributed by atoms with van der Waals surface area (Å²) < 4.78 is 39.3. The van der Waals surface area contributed by atoms with Gasteiger partial charge in [0.25, 0.3) is 0 Å². The summed E-state index contributed by atoms with van der Waals surface area (Å²) in [6.07, 6.45) is -0.578. The van der Waals surface area contributed by atoms with Gasteiger partial charge in [0.1, 0.15) is 0 Å². The smallest absolute Gasteiger partial charge is 0.261 e. The molecule has 0 amide bonds. The number of hydrogen-bond acceptors (Lipinski definition) is 3. The minimum absolute atomic E-state index is 0.121. The predicted molar refractivity (Wildman–Crippen MR) is 71.4 cm³/mol. The normalized spacial score (nSPS) is 12.0. The highest BCUT2D eigenvalue weighted by Gasteiger charge is 2.31. The van der Waals surface area contributed by atoms with Crippen molar-refractivity contribution in [1.82, 2.24) is 19.7 Å². The van der Waals surface area contributed by atoms with Gasteiger partial charge in [0.2, 0.25) is 0 Å². The number of hydrogen-bond donors (Lipinski definition) is 0. The van der Waals surface area contributed by atoms with E-state index in [9.17, 15) is 13.2 Å². The molecule has 3 aromatic rings. The summed E-state index contributed by atoms with van der Waals surface area (Å²) in [6.45, 7) is 1.82. The number of aromatic nitrogens is 4. The molecule has 0 aliphatic heterocycles. The van der Waals surface area contributed by atoms with Crippen molar-refractivity contribution in [3.63, 3.8) is 0 Å². The maximum absolute atomic E-state index is 12.6. The lowest BCUT2D eigenvalue weighted by Gasteiger charge is -2.09. The third-order valence-electron chi connectivity index (χ3n) is 3.05. The monoisotopic (exact) mass is 312 g/mol. The Hall–Kier alpha value is -2.15. The van der Waals surface area contributed by atoms with Crippen LogP contribution in [0.2, 0.25) is 5.02 Å². The number of aryl methyl sites for hydroxylation is 1. The lowest BCUT2D eigenvalue weighted by molar-refractivity contribution is -0.137. The van der Waals surface area contributed by atoms with Gasteiger partial charge in [-0.05, 0) is 19.1 Å². The van der Waals surface area contributed by atoms with Gasteiger partial charge in [-0.3, -0.25) is 4.98 Å². The van der Waals surface area contributed by atoms with E-state index in [-0.39, 0.29) is 10.8 Å². The molecule has 0 saturated heterocycles. The van der Waals surface area contributed by atoms with E-state index in [0.29, 0.717) is 5.52 Å². The maximum Gasteiger partial charge on any atom is 0.417 e. The number of halogens is 4. The highest BCUT2D eigenvalue weighted by molar-refractivity contribution is 6.32. The van der Waals surface area contributed by atoms with Crippen molar-refractivity contribution in [3.8, 4) is 5.82 Å². The molecule has 3 rings (SSSR count). The molecule has 0 aromatic carbocycles. The second kappa shape index (κ2) is 4.70. The van der Waals surface area contributed by atoms with Crippen molar-refractivity contribution in [2.24, 2.45) is 0 Å². The fourth-order valence-electron chi connectivity index (χ4n) is 2.00. The topological polar surface area (TPSA) is 43.6 Å². The van der Waals surface area contributed by atoms with Crippen LogP contribution in [0.1, 0.15) is 11.3 Å². The molecule has 3 heterocycles. The molecule has 3 aromatic heterocycles. The second-order valence-electron chi connectivity index (χ2n) is 4.41. The van der Waals surface area contributed by atoms with Gasteiger partial charge in [-0.25, -0.2) is 9.67 Å². The first-order valence-corrected chi connectivity index (χ1v) is 6.28. The first-order valence-electron chi connectivity index (χ1n) is 5.90. The van der Waals surface area contributed by atoms with Crippen molar-refractivity contribution in [2.45, 2.75) is 13.1 Å². The van der Waals surface area contributed by atoms with Crippen molar-refractivity contribution < 1.29 is 13.2 Å². The third kappa shape index (κ3) is 2.33. The first-order chi connectivity index (χ1) is 9.88. The van der Waals surface area contributed by atoms with E-state index < -0.39 is 11.7 Å². The van der Waals surface area contributed by atoms with Gasteiger partial charge < -0.3 is 0 Å². The van der Waals surface area contributed by atoms with Crippen molar-refractivity contribution in [2.75, 3.05) is 0 Å². The summed E-state index contributed by atoms with van der Waals surface area (Å²) in [5.41, 5.74) is 0.545. The number of alkyl halides is 3. The van der Waals surface area contributed by atoms with E-state index in [2.05, 4.69) is 15.1 Å². The second-order valence-corrected chi connectivity index (χ2v) is 4.82. The maximum atomic E-state index is 12.6. The molecule has 0 bridgehead atoms. The van der Waals surface area contributed by atoms with Crippen LogP contribution in [0.3, 0.4) is 0 Å². The number of fused-ring (bicyclic) bond motifs is 1. The Morgan fingerprint density at radius 3 is 2.62 bits per heavy atom. The highest BCUT2D eigenvalue weighted by atomic mass is 35.5. The molecule has 0 saturated carbocycles. The van der Waals surface area contributed by atoms with Crippen molar-refractivity contribution in [3.05, 3.63) is 47.0 Å². The predicted octanol–water partition coefficient (Wildman–Crippen LogP) is 3.80. The van der Waals surface area contributed by atoms with E-state index >= 15 is 0 Å². The summed E-state index contributed by atoms with van der Waals surface area (Å²) in [6, 6.07) is 2.54. The lowest BCUT2D eigenvalue weighted by atomic mass is 10.2. The minimum atomic E-state index is -4.48. The van der Waals surface area contributed by atoms with Crippen LogP contribution >= 0.6 is 11.6 Å². The van der Waals surface area contributed by atoms with Gasteiger partial charge in [-0.2, -0.15) is 18.3 Å². The number of nitrogens with zero attached hydrogens (tertiary/aromatic N) is 4. The molecule has 0 aliphatic rings. The Bertz CT molecular complexity index is 826. The molecule has 0 unspecified atom stereocenters. The summed E-state index contributed by atoms with van der Waals surface area (Å²) in [5.74, 6) is 0.144. The van der Waals surface area contributed by atoms with E-state index in [1.54, 1.807) is 18.5 Å². The zero-order valence-electron chi connectivity index (χ0n) is 10.7. The van der Waals surface area contributed by atoms with Crippen LogP contribution in [0.4, 0.5) is 13.2 Å². The quantitative estimate of drug-likeness (QED) is 0.686. The summed E-state index contributed by atoms with van der Waals surface area (Å²) in [4.78, 5) is 7.92. The Labute approximate surface area is 122 Å². The summed E-state index contributed by atoms with van der Waals surface area (Å²) in [7, 11) is 0. The van der Waals surface area contributed by atoms with E-state index in [1.807, 2.05) is 6.92 Å². The van der Waals surface area contributed by atoms with Crippen LogP contribution in [-0.2, 0) is 6.18 Å². The van der Waals surface area contributed by atoms with Crippen LogP contribution in [0.5, 0.6) is 0 Å². The van der Waals surface area contributed by atoms with E-state index in [1.165, 1.54) is 4.68 Å². The SMILES string of the molecule is Cc1nccc2c1cnn2-c1ncc(C(F)(F)F)cc1Cl. The molecule has 0 aliphatic carbocycles. The van der Waals surface area contributed by atoms with Crippen molar-refractivity contribution in [1.29, 1.82) is 0 Å². The molecule has 0 radical (unpaired) electrons. The average Bonchev–Trinajstić information content (AvgIpc) is 2.83. The lowest BCUT2D eigenvalue weighted by Crippen LogP contribution is -2.08. The van der Waals surface area contributed by atoms with Crippen LogP contribution in [0.15, 0.2) is 30.7 Å². The molecule has 8 heteroatoms. The minimum Gasteiger partial charge on any atom is -0.261 e. The van der Waals surface area contributed by atoms with E-state index in [0.717, 1.165) is 23.3 Å². The zero-order valence-corrected chi connectivity index (χ0v) is 11.4. The fraction of sp³-hybridized carbons (Fsp3) is 0.154. The van der Waals surface area contributed by atoms with Crippen LogP contribution in [-0.4, -0.2) is 19.7 Å². The van der Waals surface area contributed by atoms with Gasteiger partial charge in [0, 0.05) is 23.5 Å². The largest absolute Gasteiger partial charge is 0.417 e. The van der Waals surface area contributed by atoms with Crippen molar-refractivity contribution >= 4 is 22.5 Å².